The molecule has 5 nitrogen and oxygen atoms in total. The van der Waals surface area contributed by atoms with Crippen LogP contribution in [-0.2, 0) is 9.59 Å². The maximum atomic E-state index is 12.9. The van der Waals surface area contributed by atoms with E-state index in [0.29, 0.717) is 17.1 Å². The summed E-state index contributed by atoms with van der Waals surface area (Å²) in [6.45, 7) is 0.860. The Morgan fingerprint density at radius 1 is 1.21 bits per heavy atom. The summed E-state index contributed by atoms with van der Waals surface area (Å²) >= 11 is 12.1. The van der Waals surface area contributed by atoms with Gasteiger partial charge in [-0.2, -0.15) is 0 Å². The highest BCUT2D eigenvalue weighted by atomic mass is 35.5. The van der Waals surface area contributed by atoms with Gasteiger partial charge in [0.05, 0.1) is 23.2 Å². The first-order valence-corrected chi connectivity index (χ1v) is 8.97. The van der Waals surface area contributed by atoms with E-state index in [1.54, 1.807) is 12.1 Å². The molecule has 2 saturated heterocycles. The monoisotopic (exact) mass is 370 g/mol. The van der Waals surface area contributed by atoms with Crippen LogP contribution in [0.15, 0.2) is 18.2 Å². The molecular weight excluding hydrogens is 351 g/mol. The average molecular weight is 371 g/mol. The number of hydrogen-bond donors (Lipinski definition) is 1. The van der Waals surface area contributed by atoms with Crippen LogP contribution in [-0.4, -0.2) is 47.1 Å². The highest BCUT2D eigenvalue weighted by Gasteiger charge is 2.45. The highest BCUT2D eigenvalue weighted by Crippen LogP contribution is 2.35. The van der Waals surface area contributed by atoms with Gasteiger partial charge in [-0.15, -0.1) is 0 Å². The SMILES string of the molecule is O=C1CC(N2CCCCC2CCO)C(=O)N1c1ccc(Cl)cc1Cl. The molecule has 0 bridgehead atoms. The van der Waals surface area contributed by atoms with E-state index < -0.39 is 6.04 Å². The predicted octanol–water partition coefficient (Wildman–Crippen LogP) is 2.86. The van der Waals surface area contributed by atoms with Crippen LogP contribution >= 0.6 is 23.2 Å². The predicted molar refractivity (Wildman–Crippen MR) is 93.4 cm³/mol. The molecule has 0 aromatic heterocycles. The lowest BCUT2D eigenvalue weighted by atomic mass is 9.97. The average Bonchev–Trinajstić information content (AvgIpc) is 2.84. The molecule has 0 spiro atoms. The molecule has 1 aromatic rings. The van der Waals surface area contributed by atoms with E-state index in [-0.39, 0.29) is 35.9 Å². The van der Waals surface area contributed by atoms with Crippen LogP contribution < -0.4 is 4.90 Å². The van der Waals surface area contributed by atoms with Crippen LogP contribution in [0.4, 0.5) is 5.69 Å². The zero-order valence-corrected chi connectivity index (χ0v) is 14.8. The van der Waals surface area contributed by atoms with Crippen molar-refractivity contribution >= 4 is 40.7 Å². The number of rotatable bonds is 4. The van der Waals surface area contributed by atoms with Gasteiger partial charge in [0, 0.05) is 17.7 Å². The van der Waals surface area contributed by atoms with Gasteiger partial charge in [-0.1, -0.05) is 29.6 Å². The van der Waals surface area contributed by atoms with Crippen molar-refractivity contribution in [2.75, 3.05) is 18.1 Å². The van der Waals surface area contributed by atoms with E-state index in [4.69, 9.17) is 23.2 Å². The zero-order valence-electron chi connectivity index (χ0n) is 13.3. The summed E-state index contributed by atoms with van der Waals surface area (Å²) in [5.74, 6) is -0.489. The molecule has 2 aliphatic rings. The summed E-state index contributed by atoms with van der Waals surface area (Å²) in [6.07, 6.45) is 3.81. The summed E-state index contributed by atoms with van der Waals surface area (Å²) in [4.78, 5) is 28.7. The number of anilines is 1. The Balaban J connectivity index is 1.85. The number of nitrogens with zero attached hydrogens (tertiary/aromatic N) is 2. The van der Waals surface area contributed by atoms with Crippen molar-refractivity contribution in [2.24, 2.45) is 0 Å². The van der Waals surface area contributed by atoms with Crippen LogP contribution in [0.3, 0.4) is 0 Å². The molecule has 130 valence electrons. The van der Waals surface area contributed by atoms with Gasteiger partial charge < -0.3 is 5.11 Å². The van der Waals surface area contributed by atoms with Gasteiger partial charge >= 0.3 is 0 Å². The van der Waals surface area contributed by atoms with Crippen LogP contribution in [0.5, 0.6) is 0 Å². The molecule has 2 amide bonds. The van der Waals surface area contributed by atoms with Gasteiger partial charge in [-0.05, 0) is 44.0 Å². The van der Waals surface area contributed by atoms with E-state index in [0.717, 1.165) is 25.8 Å². The number of imide groups is 1. The first-order chi connectivity index (χ1) is 11.5. The fourth-order valence-electron chi connectivity index (χ4n) is 3.68. The molecule has 3 rings (SSSR count). The second kappa shape index (κ2) is 7.40. The minimum absolute atomic E-state index is 0.0861. The van der Waals surface area contributed by atoms with E-state index in [9.17, 15) is 14.7 Å². The van der Waals surface area contributed by atoms with Gasteiger partial charge in [0.25, 0.3) is 5.91 Å². The summed E-state index contributed by atoms with van der Waals surface area (Å²) in [7, 11) is 0. The first-order valence-electron chi connectivity index (χ1n) is 8.21. The molecule has 24 heavy (non-hydrogen) atoms. The largest absolute Gasteiger partial charge is 0.396 e. The van der Waals surface area contributed by atoms with Gasteiger partial charge in [0.1, 0.15) is 0 Å². The normalized spacial score (nSPS) is 25.5. The number of carbonyl (C=O) groups is 2. The van der Waals surface area contributed by atoms with Gasteiger partial charge in [-0.25, -0.2) is 4.90 Å². The fourth-order valence-corrected chi connectivity index (χ4v) is 4.18. The number of piperidine rings is 1. The second-order valence-corrected chi connectivity index (χ2v) is 7.13. The number of hydrogen-bond acceptors (Lipinski definition) is 4. The number of benzene rings is 1. The van der Waals surface area contributed by atoms with Crippen LogP contribution in [0.25, 0.3) is 0 Å². The molecule has 0 radical (unpaired) electrons. The molecule has 2 heterocycles. The summed E-state index contributed by atoms with van der Waals surface area (Å²) in [5.41, 5.74) is 0.384. The van der Waals surface area contributed by atoms with Crippen LogP contribution in [0.1, 0.15) is 32.1 Å². The Morgan fingerprint density at radius 3 is 2.71 bits per heavy atom. The maximum absolute atomic E-state index is 12.9. The lowest BCUT2D eigenvalue weighted by molar-refractivity contribution is -0.123. The summed E-state index contributed by atoms with van der Waals surface area (Å²) in [5, 5.41) is 10.0. The molecule has 2 aliphatic heterocycles. The highest BCUT2D eigenvalue weighted by molar-refractivity contribution is 6.38. The zero-order chi connectivity index (χ0) is 17.3. The maximum Gasteiger partial charge on any atom is 0.251 e. The lowest BCUT2D eigenvalue weighted by Crippen LogP contribution is -2.50. The molecule has 7 heteroatoms. The topological polar surface area (TPSA) is 60.9 Å². The third-order valence-corrected chi connectivity index (χ3v) is 5.35. The van der Waals surface area contributed by atoms with E-state index in [2.05, 4.69) is 4.90 Å². The Hall–Kier alpha value is -1.14. The molecule has 2 fully saturated rings. The van der Waals surface area contributed by atoms with E-state index in [1.807, 2.05) is 0 Å². The van der Waals surface area contributed by atoms with Crippen molar-refractivity contribution in [1.29, 1.82) is 0 Å². The molecule has 2 unspecified atom stereocenters. The Labute approximate surface area is 151 Å². The third kappa shape index (κ3) is 3.31. The smallest absolute Gasteiger partial charge is 0.251 e. The second-order valence-electron chi connectivity index (χ2n) is 6.28. The van der Waals surface area contributed by atoms with Crippen LogP contribution in [0, 0.1) is 0 Å². The van der Waals surface area contributed by atoms with Gasteiger partial charge in [0.15, 0.2) is 0 Å². The van der Waals surface area contributed by atoms with Crippen molar-refractivity contribution in [2.45, 2.75) is 44.2 Å². The van der Waals surface area contributed by atoms with Crippen molar-refractivity contribution in [1.82, 2.24) is 4.90 Å². The van der Waals surface area contributed by atoms with E-state index in [1.165, 1.54) is 11.0 Å². The number of carbonyl (C=O) groups excluding carboxylic acids is 2. The Bertz CT molecular complexity index is 651. The molecular formula is C17H20Cl2N2O3. The Morgan fingerprint density at radius 2 is 2.00 bits per heavy atom. The van der Waals surface area contributed by atoms with Crippen LogP contribution in [0.2, 0.25) is 10.0 Å². The number of halogens is 2. The van der Waals surface area contributed by atoms with Gasteiger partial charge in [-0.3, -0.25) is 14.5 Å². The molecule has 2 atom stereocenters. The molecule has 0 aliphatic carbocycles. The van der Waals surface area contributed by atoms with Crippen molar-refractivity contribution < 1.29 is 14.7 Å². The quantitative estimate of drug-likeness (QED) is 0.827. The third-order valence-electron chi connectivity index (χ3n) is 4.81. The minimum Gasteiger partial charge on any atom is -0.396 e. The van der Waals surface area contributed by atoms with Crippen molar-refractivity contribution in [3.05, 3.63) is 28.2 Å². The molecule has 1 N–H and O–H groups in total. The number of aliphatic hydroxyl groups excluding tert-OH is 1. The standard InChI is InChI=1S/C17H20Cl2N2O3/c18-11-4-5-14(13(19)9-11)21-16(23)10-15(17(21)24)20-7-2-1-3-12(20)6-8-22/h4-5,9,12,15,22H,1-3,6-8,10H2. The number of amides is 2. The van der Waals surface area contributed by atoms with Gasteiger partial charge in [0.2, 0.25) is 5.91 Å². The van der Waals surface area contributed by atoms with Crippen molar-refractivity contribution in [3.8, 4) is 0 Å². The molecule has 1 aromatic carbocycles. The first kappa shape index (κ1) is 17.7. The number of aliphatic hydroxyl groups is 1. The number of likely N-dealkylation sites (tertiary alicyclic amines) is 1. The summed E-state index contributed by atoms with van der Waals surface area (Å²) < 4.78 is 0. The lowest BCUT2D eigenvalue weighted by Gasteiger charge is -2.38. The Kier molecular flexibility index (Phi) is 5.45. The van der Waals surface area contributed by atoms with Crippen molar-refractivity contribution in [3.63, 3.8) is 0 Å². The fraction of sp³-hybridized carbons (Fsp3) is 0.529. The minimum atomic E-state index is -0.471. The van der Waals surface area contributed by atoms with E-state index >= 15 is 0 Å². The molecule has 0 saturated carbocycles. The summed E-state index contributed by atoms with van der Waals surface area (Å²) in [6, 6.07) is 4.42.